The number of hydrogen-bond acceptors (Lipinski definition) is 5. The SMILES string of the molecule is C[C@@H]1SC(=N)N(c2ncc(Cc3ccc(Cl)cc3)s2)C1=O. The molecule has 1 aliphatic heterocycles. The predicted molar refractivity (Wildman–Crippen MR) is 88.6 cm³/mol. The molecule has 2 aromatic rings. The van der Waals surface area contributed by atoms with Crippen molar-refractivity contribution < 1.29 is 4.79 Å². The minimum absolute atomic E-state index is 0.0719. The van der Waals surface area contributed by atoms with Crippen molar-refractivity contribution in [3.05, 3.63) is 45.9 Å². The second kappa shape index (κ2) is 5.79. The Labute approximate surface area is 135 Å². The molecule has 4 nitrogen and oxygen atoms in total. The summed E-state index contributed by atoms with van der Waals surface area (Å²) in [4.78, 5) is 18.8. The topological polar surface area (TPSA) is 57.1 Å². The van der Waals surface area contributed by atoms with Gasteiger partial charge in [0.2, 0.25) is 5.91 Å². The molecule has 0 bridgehead atoms. The number of halogens is 1. The molecule has 1 fully saturated rings. The number of aromatic nitrogens is 1. The molecule has 7 heteroatoms. The van der Waals surface area contributed by atoms with Crippen molar-refractivity contribution in [2.75, 3.05) is 4.90 Å². The Bertz CT molecular complexity index is 698. The van der Waals surface area contributed by atoms with Gasteiger partial charge in [-0.05, 0) is 24.6 Å². The van der Waals surface area contributed by atoms with E-state index in [4.69, 9.17) is 17.0 Å². The maximum atomic E-state index is 12.0. The van der Waals surface area contributed by atoms with Crippen LogP contribution < -0.4 is 4.90 Å². The van der Waals surface area contributed by atoms with Crippen molar-refractivity contribution in [3.63, 3.8) is 0 Å². The van der Waals surface area contributed by atoms with E-state index in [1.807, 2.05) is 31.2 Å². The zero-order valence-corrected chi connectivity index (χ0v) is 13.6. The standard InChI is InChI=1S/C14H12ClN3OS2/c1-8-12(19)18(13(16)20-8)14-17-7-11(21-14)6-9-2-4-10(15)5-3-9/h2-5,7-8,16H,6H2,1H3/t8-/m0/s1. The summed E-state index contributed by atoms with van der Waals surface area (Å²) < 4.78 is 0. The van der Waals surface area contributed by atoms with Crippen LogP contribution in [0.5, 0.6) is 0 Å². The third kappa shape index (κ3) is 2.97. The monoisotopic (exact) mass is 337 g/mol. The zero-order valence-electron chi connectivity index (χ0n) is 11.2. The number of amidine groups is 1. The molecule has 0 aliphatic carbocycles. The van der Waals surface area contributed by atoms with Crippen LogP contribution in [0.4, 0.5) is 5.13 Å². The van der Waals surface area contributed by atoms with E-state index in [-0.39, 0.29) is 16.3 Å². The Morgan fingerprint density at radius 3 is 2.71 bits per heavy atom. The van der Waals surface area contributed by atoms with E-state index < -0.39 is 0 Å². The number of nitrogens with one attached hydrogen (secondary N) is 1. The summed E-state index contributed by atoms with van der Waals surface area (Å²) in [6.45, 7) is 1.81. The number of hydrogen-bond donors (Lipinski definition) is 1. The molecule has 108 valence electrons. The van der Waals surface area contributed by atoms with E-state index in [0.29, 0.717) is 10.2 Å². The number of anilines is 1. The van der Waals surface area contributed by atoms with Crippen molar-refractivity contribution in [2.45, 2.75) is 18.6 Å². The first-order valence-electron chi connectivity index (χ1n) is 6.33. The molecule has 1 N–H and O–H groups in total. The minimum atomic E-state index is -0.207. The van der Waals surface area contributed by atoms with Crippen LogP contribution in [0.1, 0.15) is 17.4 Å². The quantitative estimate of drug-likeness (QED) is 0.927. The average Bonchev–Trinajstić information content (AvgIpc) is 2.98. The highest BCUT2D eigenvalue weighted by molar-refractivity contribution is 8.16. The Morgan fingerprint density at radius 1 is 1.38 bits per heavy atom. The van der Waals surface area contributed by atoms with Gasteiger partial charge in [-0.25, -0.2) is 9.88 Å². The number of carbonyl (C=O) groups is 1. The number of carbonyl (C=O) groups excluding carboxylic acids is 1. The Balaban J connectivity index is 1.79. The molecule has 21 heavy (non-hydrogen) atoms. The first kappa shape index (κ1) is 14.6. The van der Waals surface area contributed by atoms with E-state index in [1.54, 1.807) is 6.20 Å². The Kier molecular flexibility index (Phi) is 4.01. The van der Waals surface area contributed by atoms with Gasteiger partial charge in [0.15, 0.2) is 10.3 Å². The highest BCUT2D eigenvalue weighted by Gasteiger charge is 2.36. The number of benzene rings is 1. The lowest BCUT2D eigenvalue weighted by Gasteiger charge is -2.10. The van der Waals surface area contributed by atoms with E-state index in [9.17, 15) is 4.79 Å². The summed E-state index contributed by atoms with van der Waals surface area (Å²) in [5.41, 5.74) is 1.14. The molecule has 1 aliphatic rings. The summed E-state index contributed by atoms with van der Waals surface area (Å²) in [5.74, 6) is -0.0719. The number of amides is 1. The molecule has 3 rings (SSSR count). The Hall–Kier alpha value is -1.37. The highest BCUT2D eigenvalue weighted by atomic mass is 35.5. The molecule has 1 amide bonds. The molecule has 2 heterocycles. The lowest BCUT2D eigenvalue weighted by atomic mass is 10.1. The van der Waals surface area contributed by atoms with Crippen molar-refractivity contribution in [1.82, 2.24) is 4.98 Å². The van der Waals surface area contributed by atoms with Crippen molar-refractivity contribution in [2.24, 2.45) is 0 Å². The van der Waals surface area contributed by atoms with Gasteiger partial charge >= 0.3 is 0 Å². The molecule has 1 saturated heterocycles. The van der Waals surface area contributed by atoms with Gasteiger partial charge in [-0.15, -0.1) is 11.3 Å². The largest absolute Gasteiger partial charge is 0.278 e. The van der Waals surface area contributed by atoms with Crippen molar-refractivity contribution in [1.29, 1.82) is 5.41 Å². The lowest BCUT2D eigenvalue weighted by molar-refractivity contribution is -0.116. The number of nitrogens with zero attached hydrogens (tertiary/aromatic N) is 2. The summed E-state index contributed by atoms with van der Waals surface area (Å²) >= 11 is 8.57. The molecule has 0 spiro atoms. The molecule has 1 atom stereocenters. The number of thiazole rings is 1. The molecular weight excluding hydrogens is 326 g/mol. The predicted octanol–water partition coefficient (Wildman–Crippen LogP) is 3.79. The van der Waals surface area contributed by atoms with Crippen LogP contribution in [0.25, 0.3) is 0 Å². The molecule has 0 radical (unpaired) electrons. The summed E-state index contributed by atoms with van der Waals surface area (Å²) in [5, 5.41) is 9.21. The van der Waals surface area contributed by atoms with Gasteiger partial charge in [-0.2, -0.15) is 0 Å². The third-order valence-electron chi connectivity index (χ3n) is 3.08. The van der Waals surface area contributed by atoms with Gasteiger partial charge < -0.3 is 0 Å². The van der Waals surface area contributed by atoms with Crippen LogP contribution in [0.3, 0.4) is 0 Å². The van der Waals surface area contributed by atoms with Gasteiger partial charge in [0, 0.05) is 22.5 Å². The van der Waals surface area contributed by atoms with Crippen LogP contribution in [0.2, 0.25) is 5.02 Å². The molecule has 1 aromatic heterocycles. The Morgan fingerprint density at radius 2 is 2.10 bits per heavy atom. The lowest BCUT2D eigenvalue weighted by Crippen LogP contribution is -2.30. The van der Waals surface area contributed by atoms with Crippen LogP contribution >= 0.6 is 34.7 Å². The zero-order chi connectivity index (χ0) is 15.0. The van der Waals surface area contributed by atoms with Crippen molar-refractivity contribution in [3.8, 4) is 0 Å². The molecule has 0 unspecified atom stereocenters. The summed E-state index contributed by atoms with van der Waals surface area (Å²) in [6, 6.07) is 7.67. The van der Waals surface area contributed by atoms with Crippen LogP contribution in [0.15, 0.2) is 30.5 Å². The number of rotatable bonds is 3. The fraction of sp³-hybridized carbons (Fsp3) is 0.214. The van der Waals surface area contributed by atoms with Gasteiger partial charge in [-0.1, -0.05) is 35.5 Å². The number of thioether (sulfide) groups is 1. The highest BCUT2D eigenvalue weighted by Crippen LogP contribution is 2.33. The van der Waals surface area contributed by atoms with Crippen LogP contribution in [-0.2, 0) is 11.2 Å². The van der Waals surface area contributed by atoms with Gasteiger partial charge in [0.05, 0.1) is 5.25 Å². The second-order valence-corrected chi connectivity index (χ2v) is 7.51. The van der Waals surface area contributed by atoms with Gasteiger partial charge in [0.25, 0.3) is 0 Å². The van der Waals surface area contributed by atoms with E-state index in [2.05, 4.69) is 4.98 Å². The van der Waals surface area contributed by atoms with E-state index >= 15 is 0 Å². The fourth-order valence-corrected chi connectivity index (χ4v) is 3.98. The van der Waals surface area contributed by atoms with Gasteiger partial charge in [-0.3, -0.25) is 10.2 Å². The van der Waals surface area contributed by atoms with Crippen LogP contribution in [0, 0.1) is 5.41 Å². The first-order chi connectivity index (χ1) is 10.0. The van der Waals surface area contributed by atoms with Crippen molar-refractivity contribution >= 4 is 50.9 Å². The smallest absolute Gasteiger partial charge is 0.248 e. The normalized spacial score (nSPS) is 18.6. The average molecular weight is 338 g/mol. The summed E-state index contributed by atoms with van der Waals surface area (Å²) in [7, 11) is 0. The van der Waals surface area contributed by atoms with E-state index in [0.717, 1.165) is 16.9 Å². The molecule has 1 aromatic carbocycles. The maximum absolute atomic E-state index is 12.0. The fourth-order valence-electron chi connectivity index (χ4n) is 2.02. The van der Waals surface area contributed by atoms with Gasteiger partial charge in [0.1, 0.15) is 0 Å². The minimum Gasteiger partial charge on any atom is -0.278 e. The van der Waals surface area contributed by atoms with Crippen LogP contribution in [-0.4, -0.2) is 21.3 Å². The third-order valence-corrected chi connectivity index (χ3v) is 5.28. The molecular formula is C14H12ClN3OS2. The first-order valence-corrected chi connectivity index (χ1v) is 8.40. The second-order valence-electron chi connectivity index (χ2n) is 4.65. The maximum Gasteiger partial charge on any atom is 0.248 e. The van der Waals surface area contributed by atoms with E-state index in [1.165, 1.54) is 28.0 Å². The molecule has 0 saturated carbocycles. The summed E-state index contributed by atoms with van der Waals surface area (Å²) in [6.07, 6.45) is 2.51.